The minimum absolute atomic E-state index is 0.0619. The van der Waals surface area contributed by atoms with Crippen LogP contribution < -0.4 is 5.32 Å². The number of carbonyl (C=O) groups is 1. The summed E-state index contributed by atoms with van der Waals surface area (Å²) in [4.78, 5) is 20.0. The number of halogens is 1. The summed E-state index contributed by atoms with van der Waals surface area (Å²) in [6, 6.07) is 22.0. The molecule has 4 rings (SSSR count). The Labute approximate surface area is 183 Å². The predicted molar refractivity (Wildman–Crippen MR) is 124 cm³/mol. The summed E-state index contributed by atoms with van der Waals surface area (Å²) in [5.74, 6) is -0.0908. The Hall–Kier alpha value is -2.37. The first-order chi connectivity index (χ1) is 14.0. The summed E-state index contributed by atoms with van der Waals surface area (Å²) < 4.78 is 1.04. The Kier molecular flexibility index (Phi) is 5.88. The van der Waals surface area contributed by atoms with Gasteiger partial charge in [0.1, 0.15) is 0 Å². The van der Waals surface area contributed by atoms with E-state index >= 15 is 0 Å². The molecule has 3 aromatic carbocycles. The van der Waals surface area contributed by atoms with Gasteiger partial charge in [0.2, 0.25) is 0 Å². The normalized spacial score (nSPS) is 13.6. The van der Waals surface area contributed by atoms with Crippen molar-refractivity contribution in [3.63, 3.8) is 0 Å². The van der Waals surface area contributed by atoms with E-state index in [0.29, 0.717) is 5.56 Å². The number of nitrogens with zero attached hydrogens (tertiary/aromatic N) is 1. The van der Waals surface area contributed by atoms with Gasteiger partial charge in [-0.2, -0.15) is 0 Å². The number of hydrogen-bond acceptors (Lipinski definition) is 3. The van der Waals surface area contributed by atoms with Gasteiger partial charge in [-0.1, -0.05) is 64.9 Å². The molecule has 0 saturated carbocycles. The van der Waals surface area contributed by atoms with Gasteiger partial charge in [-0.25, -0.2) is 0 Å². The van der Waals surface area contributed by atoms with Crippen LogP contribution in [0.4, 0.5) is 5.69 Å². The van der Waals surface area contributed by atoms with Crippen LogP contribution in [0.5, 0.6) is 0 Å². The second kappa shape index (κ2) is 8.56. The lowest BCUT2D eigenvalue weighted by molar-refractivity contribution is 0.0940. The van der Waals surface area contributed by atoms with Crippen LogP contribution in [0.15, 0.2) is 86.0 Å². The smallest absolute Gasteiger partial charge is 0.251 e. The third-order valence-electron chi connectivity index (χ3n) is 4.93. The third kappa shape index (κ3) is 4.31. The molecule has 0 spiro atoms. The molecular formula is C24H21BrN2OS. The second-order valence-electron chi connectivity index (χ2n) is 6.94. The largest absolute Gasteiger partial charge is 0.346 e. The van der Waals surface area contributed by atoms with Crippen molar-refractivity contribution in [3.8, 4) is 0 Å². The van der Waals surface area contributed by atoms with Gasteiger partial charge < -0.3 is 5.32 Å². The zero-order chi connectivity index (χ0) is 20.4. The van der Waals surface area contributed by atoms with Crippen LogP contribution in [-0.4, -0.2) is 11.6 Å². The van der Waals surface area contributed by atoms with Crippen LogP contribution in [-0.2, 0) is 0 Å². The minimum atomic E-state index is -0.0908. The average Bonchev–Trinajstić information content (AvgIpc) is 2.89. The number of hydrogen-bond donors (Lipinski definition) is 1. The molecule has 1 aliphatic rings. The highest BCUT2D eigenvalue weighted by atomic mass is 79.9. The summed E-state index contributed by atoms with van der Waals surface area (Å²) in [5, 5.41) is 3.08. The molecule has 1 aliphatic heterocycles. The van der Waals surface area contributed by atoms with Crippen molar-refractivity contribution in [1.29, 1.82) is 0 Å². The van der Waals surface area contributed by atoms with Crippen LogP contribution in [0.2, 0.25) is 0 Å². The molecule has 1 amide bonds. The standard InChI is InChI=1S/C24H21BrN2OS/c1-3-20-19-14-18(25)10-12-22(19)29-23-11-9-17(13-21(23)27-20)24(28)26-15(2)16-7-5-4-6-8-16/h4-15H,3H2,1-2H3,(H,26,28). The van der Waals surface area contributed by atoms with E-state index in [1.54, 1.807) is 11.8 Å². The molecule has 3 nitrogen and oxygen atoms in total. The third-order valence-corrected chi connectivity index (χ3v) is 6.57. The first kappa shape index (κ1) is 19.9. The molecule has 1 unspecified atom stereocenters. The maximum atomic E-state index is 12.8. The zero-order valence-electron chi connectivity index (χ0n) is 16.3. The summed E-state index contributed by atoms with van der Waals surface area (Å²) in [6.07, 6.45) is 0.824. The predicted octanol–water partition coefficient (Wildman–Crippen LogP) is 6.94. The van der Waals surface area contributed by atoms with E-state index in [0.717, 1.165) is 38.3 Å². The van der Waals surface area contributed by atoms with Crippen LogP contribution in [0.3, 0.4) is 0 Å². The first-order valence-corrected chi connectivity index (χ1v) is 11.2. The number of nitrogens with one attached hydrogen (secondary N) is 1. The lowest BCUT2D eigenvalue weighted by Crippen LogP contribution is -2.26. The van der Waals surface area contributed by atoms with Crippen molar-refractivity contribution in [3.05, 3.63) is 87.9 Å². The Morgan fingerprint density at radius 1 is 1.07 bits per heavy atom. The highest BCUT2D eigenvalue weighted by Gasteiger charge is 2.19. The van der Waals surface area contributed by atoms with Crippen molar-refractivity contribution in [1.82, 2.24) is 5.32 Å². The molecule has 0 fully saturated rings. The lowest BCUT2D eigenvalue weighted by Gasteiger charge is -2.15. The number of benzene rings is 3. The molecular weight excluding hydrogens is 444 g/mol. The SMILES string of the molecule is CCC1=Nc2cc(C(=O)NC(C)c3ccccc3)ccc2Sc2ccc(Br)cc21. The summed E-state index contributed by atoms with van der Waals surface area (Å²) >= 11 is 5.26. The number of rotatable bonds is 4. The monoisotopic (exact) mass is 464 g/mol. The Balaban J connectivity index is 1.64. The molecule has 0 radical (unpaired) electrons. The first-order valence-electron chi connectivity index (χ1n) is 9.60. The van der Waals surface area contributed by atoms with E-state index in [-0.39, 0.29) is 11.9 Å². The topological polar surface area (TPSA) is 41.5 Å². The fourth-order valence-corrected chi connectivity index (χ4v) is 4.71. The van der Waals surface area contributed by atoms with E-state index in [9.17, 15) is 4.79 Å². The minimum Gasteiger partial charge on any atom is -0.346 e. The molecule has 146 valence electrons. The fourth-order valence-electron chi connectivity index (χ4n) is 3.35. The van der Waals surface area contributed by atoms with Crippen LogP contribution in [0.25, 0.3) is 0 Å². The molecule has 1 atom stereocenters. The van der Waals surface area contributed by atoms with Gasteiger partial charge in [-0.3, -0.25) is 9.79 Å². The van der Waals surface area contributed by atoms with E-state index in [1.165, 1.54) is 4.90 Å². The number of aliphatic imine (C=N–C) groups is 1. The van der Waals surface area contributed by atoms with Gasteiger partial charge >= 0.3 is 0 Å². The van der Waals surface area contributed by atoms with Crippen LogP contribution >= 0.6 is 27.7 Å². The lowest BCUT2D eigenvalue weighted by atomic mass is 10.1. The van der Waals surface area contributed by atoms with Gasteiger partial charge in [0, 0.05) is 31.1 Å². The summed E-state index contributed by atoms with van der Waals surface area (Å²) in [5.41, 5.74) is 4.73. The van der Waals surface area contributed by atoms with E-state index in [1.807, 2.05) is 55.5 Å². The van der Waals surface area contributed by atoms with Gasteiger partial charge in [-0.15, -0.1) is 0 Å². The Morgan fingerprint density at radius 3 is 2.59 bits per heavy atom. The molecule has 0 bridgehead atoms. The molecule has 1 N–H and O–H groups in total. The van der Waals surface area contributed by atoms with Gasteiger partial charge in [-0.05, 0) is 55.3 Å². The zero-order valence-corrected chi connectivity index (χ0v) is 18.7. The molecule has 0 saturated heterocycles. The molecule has 1 heterocycles. The van der Waals surface area contributed by atoms with Crippen LogP contribution in [0.1, 0.15) is 47.8 Å². The van der Waals surface area contributed by atoms with Crippen LogP contribution in [0, 0.1) is 0 Å². The number of fused-ring (bicyclic) bond motifs is 2. The molecule has 3 aromatic rings. The summed E-state index contributed by atoms with van der Waals surface area (Å²) in [7, 11) is 0. The van der Waals surface area contributed by atoms with E-state index in [2.05, 4.69) is 46.4 Å². The Bertz CT molecular complexity index is 1100. The number of carbonyl (C=O) groups excluding carboxylic acids is 1. The van der Waals surface area contributed by atoms with Gasteiger partial charge in [0.15, 0.2) is 0 Å². The molecule has 29 heavy (non-hydrogen) atoms. The van der Waals surface area contributed by atoms with E-state index in [4.69, 9.17) is 4.99 Å². The summed E-state index contributed by atoms with van der Waals surface area (Å²) in [6.45, 7) is 4.10. The Morgan fingerprint density at radius 2 is 1.83 bits per heavy atom. The van der Waals surface area contributed by atoms with Crippen molar-refractivity contribution < 1.29 is 4.79 Å². The molecule has 0 aliphatic carbocycles. The van der Waals surface area contributed by atoms with Gasteiger partial charge in [0.25, 0.3) is 5.91 Å². The van der Waals surface area contributed by atoms with Crippen molar-refractivity contribution in [2.75, 3.05) is 0 Å². The highest BCUT2D eigenvalue weighted by molar-refractivity contribution is 9.10. The maximum absolute atomic E-state index is 12.8. The van der Waals surface area contributed by atoms with Crippen molar-refractivity contribution >= 4 is 45.0 Å². The number of amides is 1. The fraction of sp³-hybridized carbons (Fsp3) is 0.167. The van der Waals surface area contributed by atoms with Crippen molar-refractivity contribution in [2.24, 2.45) is 4.99 Å². The maximum Gasteiger partial charge on any atom is 0.251 e. The quantitative estimate of drug-likeness (QED) is 0.454. The average molecular weight is 465 g/mol. The highest BCUT2D eigenvalue weighted by Crippen LogP contribution is 2.41. The second-order valence-corrected chi connectivity index (χ2v) is 8.94. The van der Waals surface area contributed by atoms with Gasteiger partial charge in [0.05, 0.1) is 11.7 Å². The molecule has 5 heteroatoms. The van der Waals surface area contributed by atoms with E-state index < -0.39 is 0 Å². The molecule has 0 aromatic heterocycles. The van der Waals surface area contributed by atoms with Crippen molar-refractivity contribution in [2.45, 2.75) is 36.1 Å².